The average molecular weight is 526 g/mol. The number of primary amides is 1. The number of ether oxygens (including phenoxy) is 1. The predicted molar refractivity (Wildman–Crippen MR) is 122 cm³/mol. The SMILES string of the molecule is CCc1c(Cl)ccc(C(C)(C#N)c2ccc(NN=C(C#N)C(=O)OC(N)=O)cc2Cl)c1C(F)(F)F. The third-order valence-electron chi connectivity index (χ3n) is 4.95. The van der Waals surface area contributed by atoms with Gasteiger partial charge in [0.2, 0.25) is 5.71 Å². The van der Waals surface area contributed by atoms with Crippen LogP contribution in [0, 0.1) is 22.7 Å². The lowest BCUT2D eigenvalue weighted by Crippen LogP contribution is -2.27. The summed E-state index contributed by atoms with van der Waals surface area (Å²) in [5.41, 5.74) is 3.06. The molecule has 0 spiro atoms. The van der Waals surface area contributed by atoms with Gasteiger partial charge < -0.3 is 10.5 Å². The molecule has 2 rings (SSSR count). The number of nitriles is 2. The molecule has 2 aromatic carbocycles. The molecule has 1 unspecified atom stereocenters. The molecule has 0 saturated heterocycles. The van der Waals surface area contributed by atoms with Gasteiger partial charge in [-0.2, -0.15) is 28.8 Å². The molecule has 2 aromatic rings. The highest BCUT2D eigenvalue weighted by atomic mass is 35.5. The summed E-state index contributed by atoms with van der Waals surface area (Å²) in [4.78, 5) is 22.2. The molecule has 0 aliphatic carbocycles. The molecule has 0 heterocycles. The van der Waals surface area contributed by atoms with Crippen LogP contribution in [-0.2, 0) is 27.5 Å². The maximum Gasteiger partial charge on any atom is 0.417 e. The Morgan fingerprint density at radius 2 is 1.77 bits per heavy atom. The number of nitrogens with zero attached hydrogens (tertiary/aromatic N) is 3. The minimum atomic E-state index is -4.79. The molecular weight excluding hydrogens is 510 g/mol. The molecule has 1 amide bonds. The van der Waals surface area contributed by atoms with Crippen molar-refractivity contribution in [1.82, 2.24) is 0 Å². The lowest BCUT2D eigenvalue weighted by atomic mass is 9.74. The zero-order valence-electron chi connectivity index (χ0n) is 18.1. The second-order valence-electron chi connectivity index (χ2n) is 7.12. The second-order valence-corrected chi connectivity index (χ2v) is 7.94. The van der Waals surface area contributed by atoms with Gasteiger partial charge in [0.25, 0.3) is 0 Å². The first kappa shape index (κ1) is 27.4. The van der Waals surface area contributed by atoms with Gasteiger partial charge >= 0.3 is 18.2 Å². The van der Waals surface area contributed by atoms with Gasteiger partial charge in [0.05, 0.1) is 17.3 Å². The highest BCUT2D eigenvalue weighted by molar-refractivity contribution is 6.44. The number of amides is 1. The van der Waals surface area contributed by atoms with Gasteiger partial charge in [-0.3, -0.25) is 5.43 Å². The quantitative estimate of drug-likeness (QED) is 0.226. The average Bonchev–Trinajstić information content (AvgIpc) is 2.77. The lowest BCUT2D eigenvalue weighted by molar-refractivity contribution is -0.139. The number of carbonyl (C=O) groups excluding carboxylic acids is 2. The van der Waals surface area contributed by atoms with Crippen LogP contribution in [0.3, 0.4) is 0 Å². The second kappa shape index (κ2) is 10.6. The smallest absolute Gasteiger partial charge is 0.371 e. The van der Waals surface area contributed by atoms with Gasteiger partial charge in [-0.25, -0.2) is 9.59 Å². The molecule has 0 aliphatic heterocycles. The van der Waals surface area contributed by atoms with Crippen molar-refractivity contribution in [2.45, 2.75) is 31.9 Å². The summed E-state index contributed by atoms with van der Waals surface area (Å²) < 4.78 is 46.2. The first-order valence-corrected chi connectivity index (χ1v) is 10.4. The van der Waals surface area contributed by atoms with E-state index in [-0.39, 0.29) is 38.8 Å². The monoisotopic (exact) mass is 525 g/mol. The first-order chi connectivity index (χ1) is 16.3. The van der Waals surface area contributed by atoms with Gasteiger partial charge in [0.15, 0.2) is 0 Å². The predicted octanol–water partition coefficient (Wildman–Crippen LogP) is 5.32. The standard InChI is InChI=1S/C22H16Cl2F3N5O3/c1-3-12-15(23)7-6-14(18(12)22(25,26)27)21(2,10-29)13-5-4-11(8-16(13)24)31-32-17(9-28)19(33)35-20(30)34/h4-8,31H,3H2,1-2H3,(H2,30,34). The summed E-state index contributed by atoms with van der Waals surface area (Å²) in [6.45, 7) is 2.82. The largest absolute Gasteiger partial charge is 0.417 e. The Morgan fingerprint density at radius 3 is 2.26 bits per heavy atom. The summed E-state index contributed by atoms with van der Waals surface area (Å²) in [5, 5.41) is 22.3. The molecule has 8 nitrogen and oxygen atoms in total. The van der Waals surface area contributed by atoms with Gasteiger partial charge in [0.1, 0.15) is 11.5 Å². The van der Waals surface area contributed by atoms with Gasteiger partial charge in [-0.15, -0.1) is 0 Å². The van der Waals surface area contributed by atoms with Crippen LogP contribution in [0.4, 0.5) is 23.7 Å². The van der Waals surface area contributed by atoms with E-state index in [1.54, 1.807) is 0 Å². The summed E-state index contributed by atoms with van der Waals surface area (Å²) in [6, 6.07) is 9.62. The van der Waals surface area contributed by atoms with Crippen molar-refractivity contribution < 1.29 is 27.5 Å². The summed E-state index contributed by atoms with van der Waals surface area (Å²) in [6.07, 6.45) is -6.25. The van der Waals surface area contributed by atoms with Crippen LogP contribution in [0.15, 0.2) is 35.4 Å². The highest BCUT2D eigenvalue weighted by Gasteiger charge is 2.43. The van der Waals surface area contributed by atoms with E-state index in [4.69, 9.17) is 34.2 Å². The number of carbonyl (C=O) groups is 2. The molecule has 0 bridgehead atoms. The fraction of sp³-hybridized carbons (Fsp3) is 0.227. The summed E-state index contributed by atoms with van der Waals surface area (Å²) in [7, 11) is 0. The van der Waals surface area contributed by atoms with Gasteiger partial charge in [0, 0.05) is 10.0 Å². The van der Waals surface area contributed by atoms with Crippen LogP contribution in [0.1, 0.15) is 36.1 Å². The fourth-order valence-electron chi connectivity index (χ4n) is 3.34. The van der Waals surface area contributed by atoms with Crippen molar-refractivity contribution in [1.29, 1.82) is 10.5 Å². The number of halogens is 5. The van der Waals surface area contributed by atoms with Gasteiger partial charge in [-0.1, -0.05) is 42.3 Å². The number of hydrazone groups is 1. The Bertz CT molecular complexity index is 1300. The van der Waals surface area contributed by atoms with E-state index in [1.807, 2.05) is 6.07 Å². The van der Waals surface area contributed by atoms with Crippen LogP contribution >= 0.6 is 23.2 Å². The molecule has 1 atom stereocenters. The Kier molecular flexibility index (Phi) is 8.34. The summed E-state index contributed by atoms with van der Waals surface area (Å²) >= 11 is 12.3. The van der Waals surface area contributed by atoms with Crippen LogP contribution in [0.2, 0.25) is 10.0 Å². The zero-order valence-corrected chi connectivity index (χ0v) is 19.6. The topological polar surface area (TPSA) is 141 Å². The molecule has 0 aromatic heterocycles. The van der Waals surface area contributed by atoms with E-state index < -0.39 is 34.9 Å². The van der Waals surface area contributed by atoms with Crippen LogP contribution in [0.5, 0.6) is 0 Å². The minimum absolute atomic E-state index is 0.0168. The van der Waals surface area contributed by atoms with Gasteiger partial charge in [-0.05, 0) is 48.2 Å². The van der Waals surface area contributed by atoms with Crippen LogP contribution in [-0.4, -0.2) is 17.8 Å². The highest BCUT2D eigenvalue weighted by Crippen LogP contribution is 2.46. The number of hydrogen-bond acceptors (Lipinski definition) is 7. The number of nitrogens with two attached hydrogens (primary N) is 1. The summed E-state index contributed by atoms with van der Waals surface area (Å²) in [5.74, 6) is -1.40. The number of nitrogens with one attached hydrogen (secondary N) is 1. The number of anilines is 1. The molecule has 182 valence electrons. The number of rotatable bonds is 6. The van der Waals surface area contributed by atoms with Crippen molar-refractivity contribution >= 4 is 46.7 Å². The normalized spacial score (nSPS) is 13.2. The molecule has 0 radical (unpaired) electrons. The molecule has 0 saturated carbocycles. The number of benzene rings is 2. The fourth-order valence-corrected chi connectivity index (χ4v) is 4.00. The molecule has 3 N–H and O–H groups in total. The Labute approximate surface area is 207 Å². The minimum Gasteiger partial charge on any atom is -0.371 e. The van der Waals surface area contributed by atoms with E-state index >= 15 is 0 Å². The van der Waals surface area contributed by atoms with E-state index in [2.05, 4.69) is 15.3 Å². The molecule has 35 heavy (non-hydrogen) atoms. The van der Waals surface area contributed by atoms with Crippen molar-refractivity contribution in [2.75, 3.05) is 5.43 Å². The molecular formula is C22H16Cl2F3N5O3. The molecule has 0 fully saturated rings. The number of alkyl halides is 3. The van der Waals surface area contributed by atoms with Crippen LogP contribution < -0.4 is 11.2 Å². The number of esters is 1. The third-order valence-corrected chi connectivity index (χ3v) is 5.62. The Balaban J connectivity index is 2.57. The van der Waals surface area contributed by atoms with Crippen molar-refractivity contribution in [3.63, 3.8) is 0 Å². The van der Waals surface area contributed by atoms with Crippen molar-refractivity contribution in [3.05, 3.63) is 62.6 Å². The maximum atomic E-state index is 14.1. The van der Waals surface area contributed by atoms with Crippen molar-refractivity contribution in [2.24, 2.45) is 10.8 Å². The lowest BCUT2D eigenvalue weighted by Gasteiger charge is -2.29. The first-order valence-electron chi connectivity index (χ1n) is 9.65. The Hall–Kier alpha value is -3.80. The Morgan fingerprint density at radius 1 is 1.14 bits per heavy atom. The third kappa shape index (κ3) is 5.83. The van der Waals surface area contributed by atoms with E-state index in [0.717, 1.165) is 6.07 Å². The van der Waals surface area contributed by atoms with Crippen LogP contribution in [0.25, 0.3) is 0 Å². The van der Waals surface area contributed by atoms with Crippen molar-refractivity contribution in [3.8, 4) is 12.1 Å². The maximum absolute atomic E-state index is 14.1. The molecule has 13 heteroatoms. The van der Waals surface area contributed by atoms with E-state index in [9.17, 15) is 28.0 Å². The van der Waals surface area contributed by atoms with E-state index in [0.29, 0.717) is 0 Å². The number of hydrogen-bond donors (Lipinski definition) is 2. The zero-order chi connectivity index (χ0) is 26.6. The van der Waals surface area contributed by atoms with E-state index in [1.165, 1.54) is 44.2 Å². The molecule has 0 aliphatic rings.